The molecule has 0 bridgehead atoms. The molecule has 7 nitrogen and oxygen atoms in total. The summed E-state index contributed by atoms with van der Waals surface area (Å²) in [5.74, 6) is -2.08. The van der Waals surface area contributed by atoms with Crippen LogP contribution in [0.3, 0.4) is 0 Å². The summed E-state index contributed by atoms with van der Waals surface area (Å²) in [6, 6.07) is 1.71. The predicted molar refractivity (Wildman–Crippen MR) is 53.6 cm³/mol. The van der Waals surface area contributed by atoms with E-state index in [0.717, 1.165) is 0 Å². The number of aromatic nitrogens is 2. The van der Waals surface area contributed by atoms with Crippen LogP contribution in [0.2, 0.25) is 0 Å². The molecular weight excluding hydrogens is 212 g/mol. The zero-order chi connectivity index (χ0) is 11.5. The molecule has 0 radical (unpaired) electrons. The van der Waals surface area contributed by atoms with Crippen molar-refractivity contribution in [2.24, 2.45) is 10.9 Å². The van der Waals surface area contributed by atoms with Crippen LogP contribution >= 0.6 is 0 Å². The number of nitrogens with one attached hydrogen (secondary N) is 1. The number of carboxylic acids is 1. The van der Waals surface area contributed by atoms with Gasteiger partial charge < -0.3 is 10.4 Å². The Morgan fingerprint density at radius 1 is 1.62 bits per heavy atom. The van der Waals surface area contributed by atoms with E-state index in [2.05, 4.69) is 15.4 Å². The van der Waals surface area contributed by atoms with Crippen LogP contribution in [-0.2, 0) is 9.59 Å². The topological polar surface area (TPSA) is 96.6 Å². The lowest BCUT2D eigenvalue weighted by Crippen LogP contribution is -2.41. The van der Waals surface area contributed by atoms with Crippen molar-refractivity contribution in [3.63, 3.8) is 0 Å². The van der Waals surface area contributed by atoms with Crippen LogP contribution in [0.25, 0.3) is 0 Å². The fourth-order valence-electron chi connectivity index (χ4n) is 1.42. The number of aliphatic carboxylic acids is 1. The molecule has 0 saturated carbocycles. The van der Waals surface area contributed by atoms with Gasteiger partial charge in [0, 0.05) is 18.6 Å². The van der Waals surface area contributed by atoms with Gasteiger partial charge in [-0.3, -0.25) is 9.59 Å². The quantitative estimate of drug-likeness (QED) is 0.729. The minimum Gasteiger partial charge on any atom is -0.481 e. The van der Waals surface area contributed by atoms with E-state index in [-0.39, 0.29) is 12.3 Å². The third kappa shape index (κ3) is 2.08. The highest BCUT2D eigenvalue weighted by molar-refractivity contribution is 5.97. The van der Waals surface area contributed by atoms with E-state index in [0.29, 0.717) is 0 Å². The number of rotatable bonds is 3. The van der Waals surface area contributed by atoms with E-state index in [1.54, 1.807) is 18.5 Å². The molecule has 2 heterocycles. The van der Waals surface area contributed by atoms with Crippen LogP contribution in [-0.4, -0.2) is 33.0 Å². The van der Waals surface area contributed by atoms with Gasteiger partial charge >= 0.3 is 5.97 Å². The highest BCUT2D eigenvalue weighted by Gasteiger charge is 2.26. The molecule has 1 aromatic rings. The van der Waals surface area contributed by atoms with Gasteiger partial charge in [0.25, 0.3) is 0 Å². The van der Waals surface area contributed by atoms with Crippen molar-refractivity contribution >= 4 is 18.1 Å². The molecule has 0 saturated heterocycles. The van der Waals surface area contributed by atoms with Crippen LogP contribution in [0, 0.1) is 5.92 Å². The van der Waals surface area contributed by atoms with Crippen LogP contribution in [0.15, 0.2) is 23.5 Å². The van der Waals surface area contributed by atoms with Crippen molar-refractivity contribution in [3.8, 4) is 0 Å². The van der Waals surface area contributed by atoms with Crippen molar-refractivity contribution in [1.82, 2.24) is 15.1 Å². The molecule has 1 aromatic heterocycles. The van der Waals surface area contributed by atoms with Gasteiger partial charge in [-0.2, -0.15) is 5.10 Å². The molecule has 0 aliphatic carbocycles. The average Bonchev–Trinajstić information content (AvgIpc) is 2.73. The highest BCUT2D eigenvalue weighted by Crippen LogP contribution is 2.12. The second-order valence-electron chi connectivity index (χ2n) is 3.37. The largest absolute Gasteiger partial charge is 0.481 e. The van der Waals surface area contributed by atoms with Crippen LogP contribution < -0.4 is 5.32 Å². The van der Waals surface area contributed by atoms with Gasteiger partial charge in [-0.05, 0) is 6.07 Å². The van der Waals surface area contributed by atoms with Crippen LogP contribution in [0.1, 0.15) is 12.7 Å². The molecule has 1 aliphatic heterocycles. The Morgan fingerprint density at radius 3 is 3.00 bits per heavy atom. The first-order valence-corrected chi connectivity index (χ1v) is 4.71. The van der Waals surface area contributed by atoms with Crippen molar-refractivity contribution < 1.29 is 14.7 Å². The zero-order valence-electron chi connectivity index (χ0n) is 8.28. The predicted octanol–water partition coefficient (Wildman–Crippen LogP) is -0.369. The summed E-state index contributed by atoms with van der Waals surface area (Å²) in [7, 11) is 0. The van der Waals surface area contributed by atoms with Gasteiger partial charge in [-0.15, -0.1) is 0 Å². The minimum absolute atomic E-state index is 0.249. The summed E-state index contributed by atoms with van der Waals surface area (Å²) in [5, 5.41) is 15.1. The molecule has 0 spiro atoms. The summed E-state index contributed by atoms with van der Waals surface area (Å²) < 4.78 is 1.48. The Kier molecular flexibility index (Phi) is 2.67. The molecule has 0 aromatic carbocycles. The molecular formula is C9H10N4O3. The van der Waals surface area contributed by atoms with Crippen LogP contribution in [0.4, 0.5) is 0 Å². The first-order valence-electron chi connectivity index (χ1n) is 4.71. The maximum Gasteiger partial charge on any atom is 0.304 e. The third-order valence-electron chi connectivity index (χ3n) is 2.19. The molecule has 1 aliphatic rings. The molecule has 0 fully saturated rings. The van der Waals surface area contributed by atoms with Crippen molar-refractivity contribution in [3.05, 3.63) is 18.5 Å². The highest BCUT2D eigenvalue weighted by atomic mass is 16.4. The fourth-order valence-corrected chi connectivity index (χ4v) is 1.42. The van der Waals surface area contributed by atoms with Gasteiger partial charge in [0.2, 0.25) is 12.2 Å². The van der Waals surface area contributed by atoms with Crippen molar-refractivity contribution in [1.29, 1.82) is 0 Å². The molecule has 1 amide bonds. The number of hydrogen-bond acceptors (Lipinski definition) is 4. The number of nitrogens with zero attached hydrogens (tertiary/aromatic N) is 3. The number of carbonyl (C=O) groups is 2. The number of hydrogen-bond donors (Lipinski definition) is 2. The summed E-state index contributed by atoms with van der Waals surface area (Å²) in [6.07, 6.45) is 3.78. The number of aliphatic imine (C=N–C) groups is 1. The summed E-state index contributed by atoms with van der Waals surface area (Å²) >= 11 is 0. The second kappa shape index (κ2) is 4.13. The number of carboxylic acid groups (broad SMARTS) is 1. The van der Waals surface area contributed by atoms with Crippen molar-refractivity contribution in [2.75, 3.05) is 0 Å². The van der Waals surface area contributed by atoms with E-state index in [1.807, 2.05) is 0 Å². The number of carbonyl (C=O) groups excluding carboxylic acids is 1. The van der Waals surface area contributed by atoms with Gasteiger partial charge in [0.1, 0.15) is 0 Å². The average molecular weight is 222 g/mol. The van der Waals surface area contributed by atoms with E-state index >= 15 is 0 Å². The molecule has 7 heteroatoms. The molecule has 16 heavy (non-hydrogen) atoms. The molecule has 2 unspecified atom stereocenters. The number of amides is 1. The van der Waals surface area contributed by atoms with E-state index in [9.17, 15) is 9.59 Å². The summed E-state index contributed by atoms with van der Waals surface area (Å²) in [4.78, 5) is 26.0. The van der Waals surface area contributed by atoms with Gasteiger partial charge in [0.15, 0.2) is 0 Å². The lowest BCUT2D eigenvalue weighted by atomic mass is 10.1. The molecule has 2 atom stereocenters. The second-order valence-corrected chi connectivity index (χ2v) is 3.37. The Hall–Kier alpha value is -2.18. The maximum atomic E-state index is 11.5. The summed E-state index contributed by atoms with van der Waals surface area (Å²) in [6.45, 7) is 0. The Balaban J connectivity index is 2.09. The van der Waals surface area contributed by atoms with Crippen LogP contribution in [0.5, 0.6) is 0 Å². The third-order valence-corrected chi connectivity index (χ3v) is 2.19. The van der Waals surface area contributed by atoms with Gasteiger partial charge in [0.05, 0.1) is 12.3 Å². The lowest BCUT2D eigenvalue weighted by molar-refractivity contribution is -0.140. The van der Waals surface area contributed by atoms with E-state index < -0.39 is 18.2 Å². The Bertz CT molecular complexity index is 426. The zero-order valence-corrected chi connectivity index (χ0v) is 8.28. The van der Waals surface area contributed by atoms with E-state index in [4.69, 9.17) is 5.11 Å². The van der Waals surface area contributed by atoms with Gasteiger partial charge in [-0.1, -0.05) is 0 Å². The fraction of sp³-hybridized carbons (Fsp3) is 0.333. The Morgan fingerprint density at radius 2 is 2.44 bits per heavy atom. The first-order chi connectivity index (χ1) is 7.66. The van der Waals surface area contributed by atoms with Gasteiger partial charge in [-0.25, -0.2) is 9.67 Å². The summed E-state index contributed by atoms with van der Waals surface area (Å²) in [5.41, 5.74) is 0. The first kappa shape index (κ1) is 10.3. The monoisotopic (exact) mass is 222 g/mol. The van der Waals surface area contributed by atoms with Crippen molar-refractivity contribution in [2.45, 2.75) is 12.7 Å². The molecule has 2 rings (SSSR count). The SMILES string of the molecule is O=C(O)CC1C=NC(n2cccn2)NC1=O. The minimum atomic E-state index is -1.02. The normalized spacial score (nSPS) is 24.1. The maximum absolute atomic E-state index is 11.5. The van der Waals surface area contributed by atoms with E-state index in [1.165, 1.54) is 10.9 Å². The molecule has 84 valence electrons. The Labute approximate surface area is 90.8 Å². The molecule has 2 N–H and O–H groups in total. The lowest BCUT2D eigenvalue weighted by Gasteiger charge is -2.22. The smallest absolute Gasteiger partial charge is 0.304 e. The standard InChI is InChI=1S/C9H10N4O3/c14-7(15)4-6-5-10-9(12-8(6)16)13-3-1-2-11-13/h1-3,5-6,9H,4H2,(H,12,16)(H,14,15).